The molecular weight excluding hydrogens is 284 g/mol. The summed E-state index contributed by atoms with van der Waals surface area (Å²) < 4.78 is 9.35. The van der Waals surface area contributed by atoms with Crippen LogP contribution in [-0.2, 0) is 19.1 Å². The molecule has 0 aromatic carbocycles. The molecule has 0 aliphatic heterocycles. The molecule has 0 fully saturated rings. The van der Waals surface area contributed by atoms with E-state index in [0.717, 1.165) is 0 Å². The summed E-state index contributed by atoms with van der Waals surface area (Å²) in [5.74, 6) is -1.72. The van der Waals surface area contributed by atoms with Crippen molar-refractivity contribution >= 4 is 18.0 Å². The second-order valence-electron chi connectivity index (χ2n) is 4.16. The first-order valence-electron chi connectivity index (χ1n) is 6.41. The average Bonchev–Trinajstić information content (AvgIpc) is 2.46. The van der Waals surface area contributed by atoms with Crippen molar-refractivity contribution in [2.75, 3.05) is 40.5 Å². The number of urea groups is 1. The fourth-order valence-electron chi connectivity index (χ4n) is 1.47. The van der Waals surface area contributed by atoms with E-state index in [0.29, 0.717) is 0 Å². The van der Waals surface area contributed by atoms with Crippen molar-refractivity contribution in [1.82, 2.24) is 10.2 Å². The summed E-state index contributed by atoms with van der Waals surface area (Å²) in [6, 6.07) is -1.83. The second-order valence-corrected chi connectivity index (χ2v) is 4.16. The van der Waals surface area contributed by atoms with Crippen LogP contribution in [0.5, 0.6) is 0 Å². The molecular formula is C12H22N2O7. The summed E-state index contributed by atoms with van der Waals surface area (Å²) in [4.78, 5) is 35.3. The molecule has 21 heavy (non-hydrogen) atoms. The standard InChI is InChI=1S/C12H22N2O7/c1-20-8-6-14(5-3-10(16)21-2)12(19)13-9(4-7-15)11(17)18/h9,15H,3-8H2,1-2H3,(H,13,19)(H,17,18). The van der Waals surface area contributed by atoms with E-state index in [4.69, 9.17) is 14.9 Å². The molecule has 0 aliphatic rings. The van der Waals surface area contributed by atoms with E-state index in [1.54, 1.807) is 0 Å². The predicted octanol–water partition coefficient (Wildman–Crippen LogP) is -0.957. The molecule has 0 aromatic rings. The first-order valence-corrected chi connectivity index (χ1v) is 6.41. The Hall–Kier alpha value is -1.87. The molecule has 0 aromatic heterocycles. The van der Waals surface area contributed by atoms with Crippen molar-refractivity contribution in [3.8, 4) is 0 Å². The number of nitrogens with zero attached hydrogens (tertiary/aromatic N) is 1. The Kier molecular flexibility index (Phi) is 9.90. The molecule has 0 saturated heterocycles. The van der Waals surface area contributed by atoms with E-state index < -0.39 is 24.0 Å². The topological polar surface area (TPSA) is 125 Å². The van der Waals surface area contributed by atoms with Crippen LogP contribution in [0.25, 0.3) is 0 Å². The molecule has 0 heterocycles. The van der Waals surface area contributed by atoms with Gasteiger partial charge in [-0.25, -0.2) is 9.59 Å². The maximum absolute atomic E-state index is 12.0. The van der Waals surface area contributed by atoms with Gasteiger partial charge in [0.05, 0.1) is 20.1 Å². The number of rotatable bonds is 10. The number of aliphatic hydroxyl groups excluding tert-OH is 1. The lowest BCUT2D eigenvalue weighted by Gasteiger charge is -2.24. The molecule has 0 bridgehead atoms. The number of esters is 1. The minimum absolute atomic E-state index is 0.00856. The Morgan fingerprint density at radius 3 is 2.38 bits per heavy atom. The summed E-state index contributed by atoms with van der Waals surface area (Å²) in [5, 5.41) is 20.0. The van der Waals surface area contributed by atoms with Gasteiger partial charge in [-0.05, 0) is 0 Å². The third-order valence-corrected chi connectivity index (χ3v) is 2.68. The molecule has 0 saturated carbocycles. The first kappa shape index (κ1) is 19.1. The molecule has 9 heteroatoms. The van der Waals surface area contributed by atoms with Crippen LogP contribution in [-0.4, -0.2) is 79.6 Å². The van der Waals surface area contributed by atoms with Gasteiger partial charge in [0, 0.05) is 33.2 Å². The molecule has 122 valence electrons. The molecule has 9 nitrogen and oxygen atoms in total. The third kappa shape index (κ3) is 8.10. The minimum Gasteiger partial charge on any atom is -0.480 e. The van der Waals surface area contributed by atoms with Crippen molar-refractivity contribution < 1.29 is 34.1 Å². The Balaban J connectivity index is 4.60. The summed E-state index contributed by atoms with van der Waals surface area (Å²) >= 11 is 0. The van der Waals surface area contributed by atoms with Gasteiger partial charge in [-0.15, -0.1) is 0 Å². The zero-order valence-corrected chi connectivity index (χ0v) is 12.2. The van der Waals surface area contributed by atoms with Crippen LogP contribution < -0.4 is 5.32 Å². The van der Waals surface area contributed by atoms with Crippen LogP contribution >= 0.6 is 0 Å². The molecule has 0 aliphatic carbocycles. The Morgan fingerprint density at radius 2 is 1.90 bits per heavy atom. The first-order chi connectivity index (χ1) is 9.96. The van der Waals surface area contributed by atoms with Crippen LogP contribution in [0.1, 0.15) is 12.8 Å². The zero-order valence-electron chi connectivity index (χ0n) is 12.2. The van der Waals surface area contributed by atoms with E-state index in [1.807, 2.05) is 0 Å². The summed E-state index contributed by atoms with van der Waals surface area (Å²) in [6.45, 7) is 0.155. The van der Waals surface area contributed by atoms with Crippen molar-refractivity contribution in [3.05, 3.63) is 0 Å². The highest BCUT2D eigenvalue weighted by molar-refractivity contribution is 5.82. The lowest BCUT2D eigenvalue weighted by Crippen LogP contribution is -2.49. The van der Waals surface area contributed by atoms with E-state index >= 15 is 0 Å². The van der Waals surface area contributed by atoms with Crippen molar-refractivity contribution in [2.45, 2.75) is 18.9 Å². The van der Waals surface area contributed by atoms with Crippen molar-refractivity contribution in [3.63, 3.8) is 0 Å². The number of aliphatic carboxylic acids is 1. The SMILES string of the molecule is COCCN(CCC(=O)OC)C(=O)NC(CCO)C(=O)O. The molecule has 3 N–H and O–H groups in total. The van der Waals surface area contributed by atoms with E-state index in [9.17, 15) is 14.4 Å². The molecule has 1 unspecified atom stereocenters. The van der Waals surface area contributed by atoms with Crippen LogP contribution in [0.2, 0.25) is 0 Å². The Morgan fingerprint density at radius 1 is 1.24 bits per heavy atom. The number of carbonyl (C=O) groups excluding carboxylic acids is 2. The quantitative estimate of drug-likeness (QED) is 0.444. The highest BCUT2D eigenvalue weighted by Gasteiger charge is 2.23. The molecule has 2 amide bonds. The number of carboxylic acids is 1. The lowest BCUT2D eigenvalue weighted by molar-refractivity contribution is -0.141. The maximum atomic E-state index is 12.0. The van der Waals surface area contributed by atoms with Crippen LogP contribution in [0, 0.1) is 0 Å². The summed E-state index contributed by atoms with van der Waals surface area (Å²) in [5.41, 5.74) is 0. The fourth-order valence-corrected chi connectivity index (χ4v) is 1.47. The van der Waals surface area contributed by atoms with Crippen LogP contribution in [0.4, 0.5) is 4.79 Å². The van der Waals surface area contributed by atoms with Gasteiger partial charge in [-0.2, -0.15) is 0 Å². The highest BCUT2D eigenvalue weighted by Crippen LogP contribution is 1.99. The molecule has 0 rings (SSSR count). The van der Waals surface area contributed by atoms with Crippen molar-refractivity contribution in [1.29, 1.82) is 0 Å². The number of hydrogen-bond acceptors (Lipinski definition) is 6. The Labute approximate surface area is 122 Å². The van der Waals surface area contributed by atoms with Gasteiger partial charge in [-0.3, -0.25) is 4.79 Å². The molecule has 0 radical (unpaired) electrons. The predicted molar refractivity (Wildman–Crippen MR) is 71.7 cm³/mol. The minimum atomic E-state index is -1.24. The highest BCUT2D eigenvalue weighted by atomic mass is 16.5. The van der Waals surface area contributed by atoms with Crippen LogP contribution in [0.15, 0.2) is 0 Å². The van der Waals surface area contributed by atoms with E-state index in [2.05, 4.69) is 10.1 Å². The van der Waals surface area contributed by atoms with E-state index in [1.165, 1.54) is 19.1 Å². The third-order valence-electron chi connectivity index (χ3n) is 2.68. The number of nitrogens with one attached hydrogen (secondary N) is 1. The number of hydrogen-bond donors (Lipinski definition) is 3. The smallest absolute Gasteiger partial charge is 0.326 e. The van der Waals surface area contributed by atoms with Gasteiger partial charge < -0.3 is 29.9 Å². The molecule has 0 spiro atoms. The van der Waals surface area contributed by atoms with Crippen molar-refractivity contribution in [2.24, 2.45) is 0 Å². The molecule has 1 atom stereocenters. The number of carboxylic acid groups (broad SMARTS) is 1. The van der Waals surface area contributed by atoms with E-state index in [-0.39, 0.29) is 39.1 Å². The largest absolute Gasteiger partial charge is 0.480 e. The second kappa shape index (κ2) is 10.9. The van der Waals surface area contributed by atoms with Gasteiger partial charge in [0.15, 0.2) is 0 Å². The van der Waals surface area contributed by atoms with Gasteiger partial charge in [-0.1, -0.05) is 0 Å². The average molecular weight is 306 g/mol. The number of aliphatic hydroxyl groups is 1. The normalized spacial score (nSPS) is 11.6. The summed E-state index contributed by atoms with van der Waals surface area (Å²) in [7, 11) is 2.70. The lowest BCUT2D eigenvalue weighted by atomic mass is 10.2. The maximum Gasteiger partial charge on any atom is 0.326 e. The monoisotopic (exact) mass is 306 g/mol. The van der Waals surface area contributed by atoms with Crippen LogP contribution in [0.3, 0.4) is 0 Å². The van der Waals surface area contributed by atoms with Gasteiger partial charge in [0.1, 0.15) is 6.04 Å². The number of ether oxygens (including phenoxy) is 2. The number of methoxy groups -OCH3 is 2. The van der Waals surface area contributed by atoms with Gasteiger partial charge >= 0.3 is 18.0 Å². The van der Waals surface area contributed by atoms with Gasteiger partial charge in [0.25, 0.3) is 0 Å². The Bertz CT molecular complexity index is 348. The number of carbonyl (C=O) groups is 3. The zero-order chi connectivity index (χ0) is 16.3. The fraction of sp³-hybridized carbons (Fsp3) is 0.750. The summed E-state index contributed by atoms with van der Waals surface area (Å²) in [6.07, 6.45) is -0.110. The van der Waals surface area contributed by atoms with Gasteiger partial charge in [0.2, 0.25) is 0 Å². The number of amides is 2.